The third kappa shape index (κ3) is 3.91. The highest BCUT2D eigenvalue weighted by Crippen LogP contribution is 2.08. The molecule has 0 spiro atoms. The van der Waals surface area contributed by atoms with Crippen molar-refractivity contribution < 1.29 is 0 Å². The van der Waals surface area contributed by atoms with Crippen molar-refractivity contribution in [3.8, 4) is 0 Å². The van der Waals surface area contributed by atoms with E-state index >= 15 is 0 Å². The molecular weight excluding hydrogens is 295 g/mol. The number of hydrogen-bond acceptors (Lipinski definition) is 3. The van der Waals surface area contributed by atoms with Crippen LogP contribution in [0.15, 0.2) is 11.6 Å². The lowest BCUT2D eigenvalue weighted by molar-refractivity contribution is 0.436. The summed E-state index contributed by atoms with van der Waals surface area (Å²) in [5, 5.41) is 6.71. The van der Waals surface area contributed by atoms with Gasteiger partial charge in [0, 0.05) is 28.6 Å². The third-order valence-electron chi connectivity index (χ3n) is 1.97. The topological polar surface area (TPSA) is 24.9 Å². The van der Waals surface area contributed by atoms with Crippen molar-refractivity contribution in [1.29, 1.82) is 0 Å². The van der Waals surface area contributed by atoms with Gasteiger partial charge < -0.3 is 5.32 Å². The third-order valence-corrected chi connectivity index (χ3v) is 3.70. The lowest BCUT2D eigenvalue weighted by Crippen LogP contribution is -2.34. The molecule has 0 fully saturated rings. The van der Waals surface area contributed by atoms with Crippen LogP contribution >= 0.6 is 33.9 Å². The van der Waals surface area contributed by atoms with E-state index in [1.165, 1.54) is 5.01 Å². The van der Waals surface area contributed by atoms with Gasteiger partial charge in [-0.15, -0.1) is 11.3 Å². The molecule has 74 valence electrons. The molecule has 1 N–H and O–H groups in total. The molecule has 13 heavy (non-hydrogen) atoms. The van der Waals surface area contributed by atoms with Crippen LogP contribution in [0.2, 0.25) is 0 Å². The summed E-state index contributed by atoms with van der Waals surface area (Å²) in [6.07, 6.45) is 1.86. The minimum atomic E-state index is 0.601. The fourth-order valence-electron chi connectivity index (χ4n) is 1.03. The lowest BCUT2D eigenvalue weighted by Gasteiger charge is -2.18. The summed E-state index contributed by atoms with van der Waals surface area (Å²) in [7, 11) is 0. The van der Waals surface area contributed by atoms with Gasteiger partial charge in [-0.1, -0.05) is 36.4 Å². The summed E-state index contributed by atoms with van der Waals surface area (Å²) >= 11 is 4.14. The summed E-state index contributed by atoms with van der Waals surface area (Å²) in [6, 6.07) is 0.601. The number of thiazole rings is 1. The molecule has 0 bridgehead atoms. The van der Waals surface area contributed by atoms with Gasteiger partial charge in [0.2, 0.25) is 0 Å². The van der Waals surface area contributed by atoms with Crippen molar-refractivity contribution >= 4 is 33.9 Å². The van der Waals surface area contributed by atoms with E-state index in [2.05, 4.69) is 46.7 Å². The van der Waals surface area contributed by atoms with Crippen LogP contribution in [0, 0.1) is 5.92 Å². The summed E-state index contributed by atoms with van der Waals surface area (Å²) < 4.78 is 1.15. The van der Waals surface area contributed by atoms with Crippen LogP contribution in [0.5, 0.6) is 0 Å². The Morgan fingerprint density at radius 2 is 2.38 bits per heavy atom. The Balaban J connectivity index is 2.32. The first-order valence-corrected chi connectivity index (χ1v) is 6.82. The first-order chi connectivity index (χ1) is 6.24. The Labute approximate surface area is 97.3 Å². The van der Waals surface area contributed by atoms with Gasteiger partial charge in [-0.05, 0) is 5.92 Å². The van der Waals surface area contributed by atoms with E-state index in [1.54, 1.807) is 11.3 Å². The molecule has 0 saturated carbocycles. The quantitative estimate of drug-likeness (QED) is 0.668. The molecule has 1 heterocycles. The van der Waals surface area contributed by atoms with Crippen molar-refractivity contribution in [1.82, 2.24) is 10.3 Å². The highest BCUT2D eigenvalue weighted by Gasteiger charge is 2.10. The minimum absolute atomic E-state index is 0.601. The van der Waals surface area contributed by atoms with Crippen LogP contribution in [-0.2, 0) is 6.54 Å². The van der Waals surface area contributed by atoms with E-state index in [1.807, 2.05) is 11.6 Å². The first-order valence-electron chi connectivity index (χ1n) is 4.41. The standard InChI is InChI=1S/C9H15IN2S/c1-7(2)8(5-10)12-6-9-11-3-4-13-9/h3-4,7-8,12H,5-6H2,1-2H3. The van der Waals surface area contributed by atoms with Gasteiger partial charge >= 0.3 is 0 Å². The molecule has 4 heteroatoms. The van der Waals surface area contributed by atoms with Crippen LogP contribution in [0.1, 0.15) is 18.9 Å². The van der Waals surface area contributed by atoms with Gasteiger partial charge in [0.25, 0.3) is 0 Å². The van der Waals surface area contributed by atoms with Crippen molar-refractivity contribution in [2.24, 2.45) is 5.92 Å². The first kappa shape index (κ1) is 11.4. The molecule has 1 aromatic heterocycles. The molecule has 0 aliphatic rings. The van der Waals surface area contributed by atoms with E-state index in [4.69, 9.17) is 0 Å². The fourth-order valence-corrected chi connectivity index (χ4v) is 2.92. The molecule has 0 saturated heterocycles. The Bertz CT molecular complexity index is 224. The molecule has 1 atom stereocenters. The predicted octanol–water partition coefficient (Wildman–Crippen LogP) is 2.69. The Morgan fingerprint density at radius 1 is 1.62 bits per heavy atom. The Hall–Kier alpha value is 0.320. The zero-order valence-corrected chi connectivity index (χ0v) is 10.9. The second-order valence-electron chi connectivity index (χ2n) is 3.31. The molecular formula is C9H15IN2S. The molecule has 1 aromatic rings. The van der Waals surface area contributed by atoms with Gasteiger partial charge in [-0.3, -0.25) is 0 Å². The Kier molecular flexibility index (Phi) is 5.20. The number of alkyl halides is 1. The Morgan fingerprint density at radius 3 is 2.85 bits per heavy atom. The second-order valence-corrected chi connectivity index (χ2v) is 5.17. The molecule has 1 unspecified atom stereocenters. The monoisotopic (exact) mass is 310 g/mol. The van der Waals surface area contributed by atoms with E-state index in [0.717, 1.165) is 11.0 Å². The second kappa shape index (κ2) is 5.93. The largest absolute Gasteiger partial charge is 0.307 e. The number of hydrogen-bond donors (Lipinski definition) is 1. The summed E-state index contributed by atoms with van der Waals surface area (Å²) in [5.41, 5.74) is 0. The van der Waals surface area contributed by atoms with Crippen LogP contribution in [0.3, 0.4) is 0 Å². The van der Waals surface area contributed by atoms with Crippen molar-refractivity contribution in [3.05, 3.63) is 16.6 Å². The SMILES string of the molecule is CC(C)C(CI)NCc1nccs1. The molecule has 0 radical (unpaired) electrons. The summed E-state index contributed by atoms with van der Waals surface area (Å²) in [4.78, 5) is 4.24. The van der Waals surface area contributed by atoms with Crippen LogP contribution in [0.25, 0.3) is 0 Å². The average Bonchev–Trinajstić information content (AvgIpc) is 2.57. The summed E-state index contributed by atoms with van der Waals surface area (Å²) in [5.74, 6) is 0.692. The normalized spacial score (nSPS) is 13.5. The average molecular weight is 310 g/mol. The number of nitrogens with zero attached hydrogens (tertiary/aromatic N) is 1. The van der Waals surface area contributed by atoms with Gasteiger partial charge in [-0.25, -0.2) is 4.98 Å². The van der Waals surface area contributed by atoms with E-state index < -0.39 is 0 Å². The zero-order valence-electron chi connectivity index (χ0n) is 7.96. The van der Waals surface area contributed by atoms with Crippen molar-refractivity contribution in [2.45, 2.75) is 26.4 Å². The molecule has 2 nitrogen and oxygen atoms in total. The molecule has 0 aromatic carbocycles. The molecule has 0 aliphatic carbocycles. The number of aromatic nitrogens is 1. The van der Waals surface area contributed by atoms with E-state index in [9.17, 15) is 0 Å². The van der Waals surface area contributed by atoms with Gasteiger partial charge in [-0.2, -0.15) is 0 Å². The smallest absolute Gasteiger partial charge is 0.106 e. The number of rotatable bonds is 5. The van der Waals surface area contributed by atoms with Crippen LogP contribution in [-0.4, -0.2) is 15.5 Å². The van der Waals surface area contributed by atoms with E-state index in [-0.39, 0.29) is 0 Å². The maximum absolute atomic E-state index is 4.24. The number of nitrogens with one attached hydrogen (secondary N) is 1. The molecule has 0 amide bonds. The van der Waals surface area contributed by atoms with Crippen LogP contribution in [0.4, 0.5) is 0 Å². The van der Waals surface area contributed by atoms with Crippen molar-refractivity contribution in [2.75, 3.05) is 4.43 Å². The van der Waals surface area contributed by atoms with E-state index in [0.29, 0.717) is 12.0 Å². The van der Waals surface area contributed by atoms with Crippen LogP contribution < -0.4 is 5.32 Å². The summed E-state index contributed by atoms with van der Waals surface area (Å²) in [6.45, 7) is 5.40. The zero-order chi connectivity index (χ0) is 9.68. The predicted molar refractivity (Wildman–Crippen MR) is 66.5 cm³/mol. The van der Waals surface area contributed by atoms with Gasteiger partial charge in [0.15, 0.2) is 0 Å². The van der Waals surface area contributed by atoms with Gasteiger partial charge in [0.1, 0.15) is 5.01 Å². The maximum atomic E-state index is 4.24. The fraction of sp³-hybridized carbons (Fsp3) is 0.667. The van der Waals surface area contributed by atoms with Gasteiger partial charge in [0.05, 0.1) is 0 Å². The molecule has 0 aliphatic heterocycles. The molecule has 1 rings (SSSR count). The highest BCUT2D eigenvalue weighted by atomic mass is 127. The maximum Gasteiger partial charge on any atom is 0.106 e. The van der Waals surface area contributed by atoms with Crippen molar-refractivity contribution in [3.63, 3.8) is 0 Å². The minimum Gasteiger partial charge on any atom is -0.307 e. The highest BCUT2D eigenvalue weighted by molar-refractivity contribution is 14.1. The lowest BCUT2D eigenvalue weighted by atomic mass is 10.1. The number of halogens is 1.